The van der Waals surface area contributed by atoms with Crippen LogP contribution in [0.4, 0.5) is 11.4 Å². The first-order valence-corrected chi connectivity index (χ1v) is 13.1. The van der Waals surface area contributed by atoms with E-state index in [0.29, 0.717) is 23.5 Å². The predicted octanol–water partition coefficient (Wildman–Crippen LogP) is 4.94. The number of carboxylic acid groups (broad SMARTS) is 1. The minimum atomic E-state index is -1.19. The van der Waals surface area contributed by atoms with E-state index >= 15 is 0 Å². The molecule has 1 aromatic heterocycles. The van der Waals surface area contributed by atoms with E-state index in [1.807, 2.05) is 43.3 Å². The molecule has 0 fully saturated rings. The van der Waals surface area contributed by atoms with E-state index in [-0.39, 0.29) is 28.3 Å². The summed E-state index contributed by atoms with van der Waals surface area (Å²) in [5.41, 5.74) is 1.65. The van der Waals surface area contributed by atoms with Crippen LogP contribution in [-0.2, 0) is 11.8 Å². The Bertz CT molecular complexity index is 1590. The number of thioether (sulfide) groups is 1. The highest BCUT2D eigenvalue weighted by atomic mass is 32.2. The van der Waals surface area contributed by atoms with Crippen LogP contribution in [0.15, 0.2) is 88.6 Å². The van der Waals surface area contributed by atoms with Crippen molar-refractivity contribution in [3.8, 4) is 5.69 Å². The summed E-state index contributed by atoms with van der Waals surface area (Å²) >= 11 is 1.31. The lowest BCUT2D eigenvalue weighted by molar-refractivity contribution is -0.115. The number of rotatable bonds is 9. The molecule has 2 amide bonds. The van der Waals surface area contributed by atoms with Crippen LogP contribution in [-0.4, -0.2) is 37.5 Å². The van der Waals surface area contributed by atoms with Gasteiger partial charge in [-0.05, 0) is 55.8 Å². The number of anilines is 2. The molecule has 3 aromatic carbocycles. The van der Waals surface area contributed by atoms with Crippen molar-refractivity contribution < 1.29 is 19.5 Å². The van der Waals surface area contributed by atoms with Gasteiger partial charge in [-0.1, -0.05) is 43.3 Å². The van der Waals surface area contributed by atoms with Crippen molar-refractivity contribution in [2.45, 2.75) is 30.4 Å². The second kappa shape index (κ2) is 11.9. The number of hydrogen-bond acceptors (Lipinski definition) is 5. The van der Waals surface area contributed by atoms with Gasteiger partial charge in [0.1, 0.15) is 5.69 Å². The van der Waals surface area contributed by atoms with Crippen molar-refractivity contribution in [1.82, 2.24) is 9.36 Å². The largest absolute Gasteiger partial charge is 0.478 e. The summed E-state index contributed by atoms with van der Waals surface area (Å²) in [5.74, 6) is -2.04. The quantitative estimate of drug-likeness (QED) is 0.257. The van der Waals surface area contributed by atoms with Gasteiger partial charge in [0.15, 0.2) is 0 Å². The lowest BCUT2D eigenvalue weighted by Crippen LogP contribution is -2.28. The minimum Gasteiger partial charge on any atom is -0.478 e. The zero-order valence-corrected chi connectivity index (χ0v) is 22.5. The van der Waals surface area contributed by atoms with Crippen molar-refractivity contribution in [3.63, 3.8) is 0 Å². The normalized spacial score (nSPS) is 11.6. The van der Waals surface area contributed by atoms with Gasteiger partial charge in [-0.3, -0.25) is 19.1 Å². The fourth-order valence-corrected chi connectivity index (χ4v) is 5.13. The van der Waals surface area contributed by atoms with Crippen molar-refractivity contribution in [1.29, 1.82) is 0 Å². The highest BCUT2D eigenvalue weighted by Crippen LogP contribution is 2.29. The third-order valence-electron chi connectivity index (χ3n) is 6.24. The monoisotopic (exact) mass is 544 g/mol. The maximum absolute atomic E-state index is 13.2. The third-order valence-corrected chi connectivity index (χ3v) is 7.60. The average molecular weight is 545 g/mol. The minimum absolute atomic E-state index is 0.0493. The number of carbonyl (C=O) groups excluding carboxylic acids is 2. The highest BCUT2D eigenvalue weighted by Gasteiger charge is 2.23. The molecule has 0 aliphatic rings. The third kappa shape index (κ3) is 5.96. The van der Waals surface area contributed by atoms with Gasteiger partial charge in [0.05, 0.1) is 27.8 Å². The standard InChI is InChI=1S/C29H28N4O5S/c1-4-24(27(35)31-25-18(2)32(3)33(28(25)36)20-12-6-5-7-13-20)39-21-14-10-11-19(17-21)30-26(34)22-15-8-9-16-23(22)29(37)38/h5-17,24H,4H2,1-3H3,(H,30,34)(H,31,35)(H,37,38). The van der Waals surface area contributed by atoms with Crippen LogP contribution >= 0.6 is 11.8 Å². The van der Waals surface area contributed by atoms with Crippen LogP contribution in [0.25, 0.3) is 5.69 Å². The van der Waals surface area contributed by atoms with Crippen molar-refractivity contribution in [2.75, 3.05) is 10.6 Å². The molecule has 0 saturated carbocycles. The lowest BCUT2D eigenvalue weighted by Gasteiger charge is -2.15. The number of carboxylic acids is 1. The van der Waals surface area contributed by atoms with Crippen molar-refractivity contribution >= 4 is 40.9 Å². The van der Waals surface area contributed by atoms with Gasteiger partial charge in [-0.2, -0.15) is 0 Å². The Morgan fingerprint density at radius 3 is 2.26 bits per heavy atom. The molecule has 1 heterocycles. The predicted molar refractivity (Wildman–Crippen MR) is 152 cm³/mol. The van der Waals surface area contributed by atoms with Crippen LogP contribution < -0.4 is 16.2 Å². The maximum Gasteiger partial charge on any atom is 0.336 e. The second-order valence-corrected chi connectivity index (χ2v) is 10.0. The molecular weight excluding hydrogens is 516 g/mol. The number of hydrogen-bond donors (Lipinski definition) is 3. The first kappa shape index (κ1) is 27.5. The Morgan fingerprint density at radius 2 is 1.59 bits per heavy atom. The molecule has 1 atom stereocenters. The Balaban J connectivity index is 1.50. The number of benzene rings is 3. The molecule has 0 bridgehead atoms. The molecule has 4 aromatic rings. The molecule has 0 aliphatic heterocycles. The highest BCUT2D eigenvalue weighted by molar-refractivity contribution is 8.00. The number of nitrogens with zero attached hydrogens (tertiary/aromatic N) is 2. The molecule has 0 spiro atoms. The zero-order chi connectivity index (χ0) is 28.1. The molecule has 1 unspecified atom stereocenters. The molecule has 4 rings (SSSR count). The number of aromatic nitrogens is 2. The zero-order valence-electron chi connectivity index (χ0n) is 21.7. The van der Waals surface area contributed by atoms with Crippen LogP contribution in [0.2, 0.25) is 0 Å². The van der Waals surface area contributed by atoms with E-state index in [2.05, 4.69) is 10.6 Å². The second-order valence-electron chi connectivity index (χ2n) is 8.77. The van der Waals surface area contributed by atoms with E-state index in [1.54, 1.807) is 49.0 Å². The smallest absolute Gasteiger partial charge is 0.336 e. The Labute approximate surface area is 229 Å². The average Bonchev–Trinajstić information content (AvgIpc) is 3.15. The van der Waals surface area contributed by atoms with Crippen molar-refractivity contribution in [2.24, 2.45) is 7.05 Å². The van der Waals surface area contributed by atoms with Crippen LogP contribution in [0.3, 0.4) is 0 Å². The molecule has 9 nitrogen and oxygen atoms in total. The molecule has 39 heavy (non-hydrogen) atoms. The Kier molecular flexibility index (Phi) is 8.36. The number of aromatic carboxylic acids is 1. The summed E-state index contributed by atoms with van der Waals surface area (Å²) in [4.78, 5) is 51.4. The number of amides is 2. The first-order valence-electron chi connectivity index (χ1n) is 12.3. The van der Waals surface area contributed by atoms with Crippen LogP contribution in [0.1, 0.15) is 39.8 Å². The van der Waals surface area contributed by atoms with Gasteiger partial charge in [-0.15, -0.1) is 11.8 Å². The van der Waals surface area contributed by atoms with Gasteiger partial charge >= 0.3 is 5.97 Å². The summed E-state index contributed by atoms with van der Waals surface area (Å²) in [7, 11) is 1.76. The van der Waals surface area contributed by atoms with Gasteiger partial charge in [0.2, 0.25) is 5.91 Å². The maximum atomic E-state index is 13.2. The van der Waals surface area contributed by atoms with E-state index in [1.165, 1.54) is 28.6 Å². The Morgan fingerprint density at radius 1 is 0.923 bits per heavy atom. The molecule has 200 valence electrons. The fourth-order valence-electron chi connectivity index (χ4n) is 4.12. The van der Waals surface area contributed by atoms with E-state index in [4.69, 9.17) is 0 Å². The first-order chi connectivity index (χ1) is 18.7. The Hall–Kier alpha value is -4.57. The van der Waals surface area contributed by atoms with E-state index in [0.717, 1.165) is 4.90 Å². The molecule has 0 saturated heterocycles. The van der Waals surface area contributed by atoms with Gasteiger partial charge in [0.25, 0.3) is 11.5 Å². The summed E-state index contributed by atoms with van der Waals surface area (Å²) in [6.07, 6.45) is 0.498. The number of para-hydroxylation sites is 1. The van der Waals surface area contributed by atoms with Crippen LogP contribution in [0.5, 0.6) is 0 Å². The summed E-state index contributed by atoms with van der Waals surface area (Å²) in [6.45, 7) is 3.66. The molecule has 10 heteroatoms. The number of nitrogens with one attached hydrogen (secondary N) is 2. The molecular formula is C29H28N4O5S. The van der Waals surface area contributed by atoms with Gasteiger partial charge < -0.3 is 15.7 Å². The van der Waals surface area contributed by atoms with Gasteiger partial charge in [0, 0.05) is 17.6 Å². The molecule has 0 aliphatic carbocycles. The summed E-state index contributed by atoms with van der Waals surface area (Å²) in [5, 5.41) is 14.4. The number of carbonyl (C=O) groups is 3. The van der Waals surface area contributed by atoms with Crippen molar-refractivity contribution in [3.05, 3.63) is 106 Å². The summed E-state index contributed by atoms with van der Waals surface area (Å²) in [6, 6.07) is 22.1. The lowest BCUT2D eigenvalue weighted by atomic mass is 10.1. The summed E-state index contributed by atoms with van der Waals surface area (Å²) < 4.78 is 3.21. The van der Waals surface area contributed by atoms with E-state index in [9.17, 15) is 24.3 Å². The molecule has 3 N–H and O–H groups in total. The van der Waals surface area contributed by atoms with Crippen LogP contribution in [0, 0.1) is 6.92 Å². The molecule has 0 radical (unpaired) electrons. The fraction of sp³-hybridized carbons (Fsp3) is 0.172. The SMILES string of the molecule is CCC(Sc1cccc(NC(=O)c2ccccc2C(=O)O)c1)C(=O)Nc1c(C)n(C)n(-c2ccccc2)c1=O. The van der Waals surface area contributed by atoms with Gasteiger partial charge in [-0.25, -0.2) is 9.48 Å². The topological polar surface area (TPSA) is 122 Å². The van der Waals surface area contributed by atoms with E-state index < -0.39 is 17.1 Å².